The lowest BCUT2D eigenvalue weighted by Crippen LogP contribution is -2.01. The summed E-state index contributed by atoms with van der Waals surface area (Å²) < 4.78 is 0. The van der Waals surface area contributed by atoms with Crippen molar-refractivity contribution in [2.75, 3.05) is 5.73 Å². The van der Waals surface area contributed by atoms with E-state index in [0.717, 1.165) is 5.82 Å². The van der Waals surface area contributed by atoms with Crippen LogP contribution in [0.2, 0.25) is 0 Å². The Bertz CT molecular complexity index is 375. The molecule has 68 valence electrons. The Balaban J connectivity index is 2.28. The molecular formula is C6H9N7. The fraction of sp³-hybridized carbons (Fsp3) is 0.333. The number of aromatic nitrogens is 6. The second-order valence-electron chi connectivity index (χ2n) is 2.67. The van der Waals surface area contributed by atoms with Gasteiger partial charge in [-0.2, -0.15) is 10.1 Å². The second kappa shape index (κ2) is 2.85. The molecule has 0 spiro atoms. The van der Waals surface area contributed by atoms with Gasteiger partial charge in [-0.3, -0.25) is 10.2 Å². The minimum absolute atomic E-state index is 0.00713. The zero-order valence-corrected chi connectivity index (χ0v) is 7.02. The van der Waals surface area contributed by atoms with Crippen LogP contribution in [0.4, 0.5) is 5.95 Å². The van der Waals surface area contributed by atoms with Gasteiger partial charge < -0.3 is 5.73 Å². The van der Waals surface area contributed by atoms with Crippen LogP contribution in [0.25, 0.3) is 0 Å². The van der Waals surface area contributed by atoms with Crippen LogP contribution in [0, 0.1) is 0 Å². The molecule has 0 aliphatic carbocycles. The highest BCUT2D eigenvalue weighted by atomic mass is 15.3. The molecule has 7 heteroatoms. The molecule has 0 fully saturated rings. The Hall–Kier alpha value is -1.92. The summed E-state index contributed by atoms with van der Waals surface area (Å²) in [6.07, 6.45) is 1.45. The van der Waals surface area contributed by atoms with Crippen molar-refractivity contribution >= 4 is 5.95 Å². The van der Waals surface area contributed by atoms with Crippen LogP contribution in [-0.4, -0.2) is 30.4 Å². The number of hydrogen-bond donors (Lipinski definition) is 3. The first-order valence-electron chi connectivity index (χ1n) is 3.80. The molecule has 7 nitrogen and oxygen atoms in total. The summed E-state index contributed by atoms with van der Waals surface area (Å²) in [5.74, 6) is 1.64. The summed E-state index contributed by atoms with van der Waals surface area (Å²) in [6.45, 7) is 1.93. The van der Waals surface area contributed by atoms with Crippen LogP contribution in [0.3, 0.4) is 0 Å². The van der Waals surface area contributed by atoms with E-state index < -0.39 is 0 Å². The smallest absolute Gasteiger partial charge is 0.239 e. The number of rotatable bonds is 2. The van der Waals surface area contributed by atoms with Crippen molar-refractivity contribution < 1.29 is 0 Å². The number of aromatic amines is 2. The number of hydrogen-bond acceptors (Lipinski definition) is 5. The average molecular weight is 179 g/mol. The molecule has 0 saturated carbocycles. The number of H-pyrrole nitrogens is 2. The van der Waals surface area contributed by atoms with Crippen molar-refractivity contribution in [3.8, 4) is 0 Å². The highest BCUT2D eigenvalue weighted by Gasteiger charge is 2.14. The lowest BCUT2D eigenvalue weighted by Gasteiger charge is -2.01. The van der Waals surface area contributed by atoms with Gasteiger partial charge >= 0.3 is 0 Å². The van der Waals surface area contributed by atoms with Crippen molar-refractivity contribution in [3.05, 3.63) is 18.0 Å². The summed E-state index contributed by atoms with van der Waals surface area (Å²) in [4.78, 5) is 8.00. The van der Waals surface area contributed by atoms with Gasteiger partial charge in [-0.25, -0.2) is 4.98 Å². The molecule has 2 aromatic heterocycles. The van der Waals surface area contributed by atoms with Gasteiger partial charge in [0.2, 0.25) is 5.95 Å². The molecule has 13 heavy (non-hydrogen) atoms. The van der Waals surface area contributed by atoms with E-state index in [0.29, 0.717) is 5.82 Å². The monoisotopic (exact) mass is 179 g/mol. The van der Waals surface area contributed by atoms with Crippen LogP contribution in [0.15, 0.2) is 6.33 Å². The number of nitrogens with one attached hydrogen (secondary N) is 2. The Kier molecular flexibility index (Phi) is 1.69. The zero-order valence-electron chi connectivity index (χ0n) is 7.02. The van der Waals surface area contributed by atoms with Crippen molar-refractivity contribution in [1.29, 1.82) is 0 Å². The number of nitrogens with zero attached hydrogens (tertiary/aromatic N) is 4. The third-order valence-corrected chi connectivity index (χ3v) is 1.77. The summed E-state index contributed by atoms with van der Waals surface area (Å²) in [5.41, 5.74) is 5.37. The average Bonchev–Trinajstić information content (AvgIpc) is 2.72. The normalized spacial score (nSPS) is 13.0. The SMILES string of the molecule is CC(c1ncn[nH]1)c1nc(N)n[nH]1. The number of nitrogen functional groups attached to an aromatic ring is 1. The molecule has 0 bridgehead atoms. The molecule has 0 radical (unpaired) electrons. The van der Waals surface area contributed by atoms with E-state index in [2.05, 4.69) is 30.4 Å². The first kappa shape index (κ1) is 7.71. The van der Waals surface area contributed by atoms with Gasteiger partial charge in [0.15, 0.2) is 0 Å². The molecule has 0 aromatic carbocycles. The molecule has 4 N–H and O–H groups in total. The lowest BCUT2D eigenvalue weighted by atomic mass is 10.1. The predicted octanol–water partition coefficient (Wildman–Crippen LogP) is -0.343. The largest absolute Gasteiger partial charge is 0.367 e. The number of anilines is 1. The minimum Gasteiger partial charge on any atom is -0.367 e. The zero-order chi connectivity index (χ0) is 9.26. The molecule has 0 aliphatic rings. The van der Waals surface area contributed by atoms with Crippen LogP contribution in [-0.2, 0) is 0 Å². The van der Waals surface area contributed by atoms with E-state index in [9.17, 15) is 0 Å². The van der Waals surface area contributed by atoms with Gasteiger partial charge in [-0.05, 0) is 6.92 Å². The van der Waals surface area contributed by atoms with Crippen molar-refractivity contribution in [3.63, 3.8) is 0 Å². The summed E-state index contributed by atoms with van der Waals surface area (Å²) in [5, 5.41) is 12.9. The minimum atomic E-state index is -0.00713. The highest BCUT2D eigenvalue weighted by Crippen LogP contribution is 2.16. The van der Waals surface area contributed by atoms with Crippen molar-refractivity contribution in [2.24, 2.45) is 0 Å². The number of nitrogens with two attached hydrogens (primary N) is 1. The van der Waals surface area contributed by atoms with Gasteiger partial charge in [0.25, 0.3) is 0 Å². The maximum atomic E-state index is 5.37. The molecule has 2 aromatic rings. The van der Waals surface area contributed by atoms with E-state index >= 15 is 0 Å². The lowest BCUT2D eigenvalue weighted by molar-refractivity contribution is 0.761. The topological polar surface area (TPSA) is 109 Å². The van der Waals surface area contributed by atoms with E-state index in [1.165, 1.54) is 6.33 Å². The maximum absolute atomic E-state index is 5.37. The van der Waals surface area contributed by atoms with Gasteiger partial charge in [-0.1, -0.05) is 0 Å². The van der Waals surface area contributed by atoms with Crippen LogP contribution in [0.1, 0.15) is 24.5 Å². The molecule has 0 amide bonds. The molecule has 2 rings (SSSR count). The predicted molar refractivity (Wildman–Crippen MR) is 44.7 cm³/mol. The first-order chi connectivity index (χ1) is 6.27. The quantitative estimate of drug-likeness (QED) is 0.584. The molecule has 0 saturated heterocycles. The standard InChI is InChI=1S/C6H9N7/c1-3(4-8-2-9-11-4)5-10-6(7)13-12-5/h2-3H,1H3,(H,8,9,11)(H3,7,10,12,13). The van der Waals surface area contributed by atoms with Gasteiger partial charge in [0.05, 0.1) is 5.92 Å². The van der Waals surface area contributed by atoms with Crippen molar-refractivity contribution in [1.82, 2.24) is 30.4 Å². The van der Waals surface area contributed by atoms with E-state index in [1.54, 1.807) is 0 Å². The molecule has 1 atom stereocenters. The summed E-state index contributed by atoms with van der Waals surface area (Å²) >= 11 is 0. The fourth-order valence-corrected chi connectivity index (χ4v) is 1.03. The Morgan fingerprint density at radius 1 is 1.38 bits per heavy atom. The Morgan fingerprint density at radius 2 is 2.23 bits per heavy atom. The van der Waals surface area contributed by atoms with Crippen molar-refractivity contribution in [2.45, 2.75) is 12.8 Å². The molecular weight excluding hydrogens is 170 g/mol. The molecule has 2 heterocycles. The highest BCUT2D eigenvalue weighted by molar-refractivity contribution is 5.17. The van der Waals surface area contributed by atoms with Crippen LogP contribution < -0.4 is 5.73 Å². The summed E-state index contributed by atoms with van der Waals surface area (Å²) in [7, 11) is 0. The Morgan fingerprint density at radius 3 is 2.77 bits per heavy atom. The van der Waals surface area contributed by atoms with E-state index in [1.807, 2.05) is 6.92 Å². The molecule has 0 aliphatic heterocycles. The summed E-state index contributed by atoms with van der Waals surface area (Å²) in [6, 6.07) is 0. The third-order valence-electron chi connectivity index (χ3n) is 1.77. The van der Waals surface area contributed by atoms with Crippen LogP contribution in [0.5, 0.6) is 0 Å². The maximum Gasteiger partial charge on any atom is 0.239 e. The van der Waals surface area contributed by atoms with Gasteiger partial charge in [0.1, 0.15) is 18.0 Å². The Labute approximate surface area is 73.8 Å². The van der Waals surface area contributed by atoms with Gasteiger partial charge in [0, 0.05) is 0 Å². The van der Waals surface area contributed by atoms with Gasteiger partial charge in [-0.15, -0.1) is 5.10 Å². The first-order valence-corrected chi connectivity index (χ1v) is 3.80. The van der Waals surface area contributed by atoms with E-state index in [-0.39, 0.29) is 11.9 Å². The molecule has 1 unspecified atom stereocenters. The second-order valence-corrected chi connectivity index (χ2v) is 2.67. The van der Waals surface area contributed by atoms with Crippen LogP contribution >= 0.6 is 0 Å². The third kappa shape index (κ3) is 1.35. The fourth-order valence-electron chi connectivity index (χ4n) is 1.03. The van der Waals surface area contributed by atoms with E-state index in [4.69, 9.17) is 5.73 Å².